The number of hydrogen-bond acceptors (Lipinski definition) is 3. The van der Waals surface area contributed by atoms with Gasteiger partial charge in [-0.2, -0.15) is 5.10 Å². The second-order valence-electron chi connectivity index (χ2n) is 8.48. The molecule has 31 heavy (non-hydrogen) atoms. The molecule has 2 N–H and O–H groups in total. The van der Waals surface area contributed by atoms with Gasteiger partial charge in [0.05, 0.1) is 17.7 Å². The molecule has 2 aromatic heterocycles. The molecule has 164 valence electrons. The van der Waals surface area contributed by atoms with Crippen LogP contribution >= 0.6 is 0 Å². The minimum absolute atomic E-state index is 0.0545. The molecule has 1 saturated heterocycles. The van der Waals surface area contributed by atoms with Gasteiger partial charge in [-0.25, -0.2) is 0 Å². The lowest BCUT2D eigenvalue weighted by molar-refractivity contribution is -0.129. The molecule has 7 nitrogen and oxygen atoms in total. The van der Waals surface area contributed by atoms with E-state index in [0.717, 1.165) is 35.4 Å². The van der Waals surface area contributed by atoms with E-state index < -0.39 is 0 Å². The van der Waals surface area contributed by atoms with Crippen LogP contribution in [-0.4, -0.2) is 44.6 Å². The van der Waals surface area contributed by atoms with Crippen molar-refractivity contribution in [3.8, 4) is 0 Å². The summed E-state index contributed by atoms with van der Waals surface area (Å²) in [6.45, 7) is 9.96. The van der Waals surface area contributed by atoms with Gasteiger partial charge in [0.15, 0.2) is 0 Å². The van der Waals surface area contributed by atoms with Crippen LogP contribution in [0.3, 0.4) is 0 Å². The fourth-order valence-corrected chi connectivity index (χ4v) is 4.81. The molecule has 0 aliphatic carbocycles. The van der Waals surface area contributed by atoms with E-state index >= 15 is 0 Å². The topological polar surface area (TPSA) is 83.0 Å². The van der Waals surface area contributed by atoms with Crippen molar-refractivity contribution in [3.63, 3.8) is 0 Å². The van der Waals surface area contributed by atoms with Gasteiger partial charge in [0.1, 0.15) is 0 Å². The quantitative estimate of drug-likeness (QED) is 0.614. The van der Waals surface area contributed by atoms with Crippen molar-refractivity contribution in [2.45, 2.75) is 53.1 Å². The van der Waals surface area contributed by atoms with Gasteiger partial charge in [0.2, 0.25) is 11.8 Å². The van der Waals surface area contributed by atoms with E-state index in [2.05, 4.69) is 34.5 Å². The maximum Gasteiger partial charge on any atom is 0.225 e. The molecule has 1 fully saturated rings. The van der Waals surface area contributed by atoms with Gasteiger partial charge < -0.3 is 15.2 Å². The summed E-state index contributed by atoms with van der Waals surface area (Å²) in [5.74, 6) is -0.308. The highest BCUT2D eigenvalue weighted by Gasteiger charge is 2.35. The number of nitrogens with one attached hydrogen (secondary N) is 2. The molecule has 0 radical (unpaired) electrons. The average molecular weight is 422 g/mol. The number of H-pyrrole nitrogens is 1. The van der Waals surface area contributed by atoms with Gasteiger partial charge in [-0.3, -0.25) is 14.3 Å². The molecule has 4 rings (SSSR count). The van der Waals surface area contributed by atoms with Gasteiger partial charge in [-0.15, -0.1) is 0 Å². The third-order valence-electron chi connectivity index (χ3n) is 6.44. The Morgan fingerprint density at radius 3 is 2.84 bits per heavy atom. The number of amides is 2. The largest absolute Gasteiger partial charge is 0.361 e. The first-order valence-corrected chi connectivity index (χ1v) is 11.1. The summed E-state index contributed by atoms with van der Waals surface area (Å²) in [6.07, 6.45) is 3.06. The van der Waals surface area contributed by atoms with Crippen molar-refractivity contribution in [3.05, 3.63) is 53.0 Å². The van der Waals surface area contributed by atoms with E-state index in [1.54, 1.807) is 0 Å². The molecule has 2 amide bonds. The molecule has 0 bridgehead atoms. The van der Waals surface area contributed by atoms with Crippen LogP contribution in [0.15, 0.2) is 30.5 Å². The molecule has 7 heteroatoms. The van der Waals surface area contributed by atoms with Crippen LogP contribution in [0, 0.1) is 19.8 Å². The van der Waals surface area contributed by atoms with Crippen molar-refractivity contribution in [2.24, 2.45) is 5.92 Å². The summed E-state index contributed by atoms with van der Waals surface area (Å²) in [7, 11) is 0. The van der Waals surface area contributed by atoms with Gasteiger partial charge in [-0.05, 0) is 45.7 Å². The predicted molar refractivity (Wildman–Crippen MR) is 121 cm³/mol. The molecular formula is C24H31N5O2. The molecule has 0 saturated carbocycles. The first-order chi connectivity index (χ1) is 14.9. The normalized spacial score (nSPS) is 17.5. The van der Waals surface area contributed by atoms with Crippen molar-refractivity contribution in [2.75, 3.05) is 13.1 Å². The van der Waals surface area contributed by atoms with Crippen LogP contribution in [0.4, 0.5) is 0 Å². The van der Waals surface area contributed by atoms with Crippen LogP contribution in [-0.2, 0) is 22.6 Å². The number of carbonyl (C=O) groups is 2. The van der Waals surface area contributed by atoms with E-state index in [1.165, 1.54) is 10.9 Å². The second kappa shape index (κ2) is 8.57. The lowest BCUT2D eigenvalue weighted by Crippen LogP contribution is -2.35. The number of aromatic amines is 1. The van der Waals surface area contributed by atoms with Crippen LogP contribution in [0.25, 0.3) is 10.9 Å². The van der Waals surface area contributed by atoms with Gasteiger partial charge >= 0.3 is 0 Å². The fourth-order valence-electron chi connectivity index (χ4n) is 4.81. The Hall–Kier alpha value is -3.09. The Balaban J connectivity index is 1.36. The number of para-hydroxylation sites is 1. The highest BCUT2D eigenvalue weighted by atomic mass is 16.2. The van der Waals surface area contributed by atoms with E-state index in [9.17, 15) is 9.59 Å². The molecule has 1 aromatic carbocycles. The molecule has 1 aliphatic rings. The van der Waals surface area contributed by atoms with Crippen LogP contribution in [0.2, 0.25) is 0 Å². The number of likely N-dealkylation sites (tertiary alicyclic amines) is 1. The summed E-state index contributed by atoms with van der Waals surface area (Å²) in [6, 6.07) is 8.04. The number of aromatic nitrogens is 3. The zero-order valence-electron chi connectivity index (χ0n) is 18.7. The Bertz CT molecular complexity index is 1110. The van der Waals surface area contributed by atoms with Gasteiger partial charge in [0, 0.05) is 54.4 Å². The molecule has 2 atom stereocenters. The Labute approximate surface area is 182 Å². The van der Waals surface area contributed by atoms with Crippen LogP contribution in [0.5, 0.6) is 0 Å². The highest BCUT2D eigenvalue weighted by molar-refractivity contribution is 5.89. The molecular weight excluding hydrogens is 390 g/mol. The first kappa shape index (κ1) is 21.2. The third kappa shape index (κ3) is 4.09. The minimum Gasteiger partial charge on any atom is -0.361 e. The van der Waals surface area contributed by atoms with Crippen molar-refractivity contribution >= 4 is 22.7 Å². The summed E-state index contributed by atoms with van der Waals surface area (Å²) in [4.78, 5) is 30.5. The second-order valence-corrected chi connectivity index (χ2v) is 8.48. The van der Waals surface area contributed by atoms with Gasteiger partial charge in [0.25, 0.3) is 0 Å². The minimum atomic E-state index is -0.306. The smallest absolute Gasteiger partial charge is 0.225 e. The fraction of sp³-hybridized carbons (Fsp3) is 0.458. The standard InChI is InChI=1S/C24H31N5O2/c1-5-29-17(4)23(16(3)27-29)15(2)26-24(31)19-12-22(30)28(14-19)11-10-18-13-25-21-9-7-6-8-20(18)21/h6-9,13,15,19,25H,5,10-12,14H2,1-4H3,(H,26,31). The Morgan fingerprint density at radius 1 is 1.32 bits per heavy atom. The van der Waals surface area contributed by atoms with E-state index in [4.69, 9.17) is 0 Å². The van der Waals surface area contributed by atoms with Gasteiger partial charge in [-0.1, -0.05) is 18.2 Å². The number of rotatable bonds is 7. The third-order valence-corrected chi connectivity index (χ3v) is 6.44. The Kier molecular flexibility index (Phi) is 5.85. The van der Waals surface area contributed by atoms with Crippen molar-refractivity contribution in [1.82, 2.24) is 25.0 Å². The van der Waals surface area contributed by atoms with E-state index in [-0.39, 0.29) is 30.2 Å². The maximum atomic E-state index is 12.9. The number of hydrogen-bond donors (Lipinski definition) is 2. The lowest BCUT2D eigenvalue weighted by atomic mass is 10.0. The monoisotopic (exact) mass is 421 g/mol. The van der Waals surface area contributed by atoms with Crippen molar-refractivity contribution < 1.29 is 9.59 Å². The lowest BCUT2D eigenvalue weighted by Gasteiger charge is -2.19. The molecule has 2 unspecified atom stereocenters. The molecule has 0 spiro atoms. The molecule has 3 heterocycles. The summed E-state index contributed by atoms with van der Waals surface area (Å²) < 4.78 is 1.96. The highest BCUT2D eigenvalue weighted by Crippen LogP contribution is 2.25. The molecule has 3 aromatic rings. The van der Waals surface area contributed by atoms with E-state index in [1.807, 2.05) is 48.7 Å². The average Bonchev–Trinajstić information content (AvgIpc) is 3.41. The van der Waals surface area contributed by atoms with Crippen LogP contribution in [0.1, 0.15) is 48.8 Å². The van der Waals surface area contributed by atoms with E-state index in [0.29, 0.717) is 13.1 Å². The summed E-state index contributed by atoms with van der Waals surface area (Å²) >= 11 is 0. The number of fused-ring (bicyclic) bond motifs is 1. The first-order valence-electron chi connectivity index (χ1n) is 11.1. The number of benzene rings is 1. The zero-order chi connectivity index (χ0) is 22.1. The number of aryl methyl sites for hydroxylation is 2. The maximum absolute atomic E-state index is 12.9. The van der Waals surface area contributed by atoms with Crippen LogP contribution < -0.4 is 5.32 Å². The summed E-state index contributed by atoms with van der Waals surface area (Å²) in [5, 5.41) is 8.86. The predicted octanol–water partition coefficient (Wildman–Crippen LogP) is 3.27. The zero-order valence-corrected chi connectivity index (χ0v) is 18.7. The number of nitrogens with zero attached hydrogens (tertiary/aromatic N) is 3. The SMILES string of the molecule is CCn1nc(C)c(C(C)NC(=O)C2CC(=O)N(CCc3c[nH]c4ccccc34)C2)c1C. The molecule has 1 aliphatic heterocycles. The Morgan fingerprint density at radius 2 is 2.10 bits per heavy atom. The summed E-state index contributed by atoms with van der Waals surface area (Å²) in [5.41, 5.74) is 5.39. The van der Waals surface area contributed by atoms with Crippen molar-refractivity contribution in [1.29, 1.82) is 0 Å². The number of carbonyl (C=O) groups excluding carboxylic acids is 2.